The Morgan fingerprint density at radius 1 is 1.33 bits per heavy atom. The molecule has 2 heteroatoms. The molecule has 2 rings (SSSR count). The molecule has 1 unspecified atom stereocenters. The second kappa shape index (κ2) is 3.70. The zero-order chi connectivity index (χ0) is 11.0. The monoisotopic (exact) mass is 203 g/mol. The molecule has 80 valence electrons. The average molecular weight is 203 g/mol. The molecule has 1 aromatic heterocycles. The Kier molecular flexibility index (Phi) is 2.53. The van der Waals surface area contributed by atoms with Gasteiger partial charge in [-0.3, -0.25) is 0 Å². The van der Waals surface area contributed by atoms with Gasteiger partial charge in [0, 0.05) is 29.6 Å². The van der Waals surface area contributed by atoms with Gasteiger partial charge in [-0.25, -0.2) is 0 Å². The van der Waals surface area contributed by atoms with E-state index in [1.54, 1.807) is 0 Å². The molecule has 0 aliphatic carbocycles. The largest absolute Gasteiger partial charge is 0.396 e. The van der Waals surface area contributed by atoms with Crippen LogP contribution in [0.4, 0.5) is 0 Å². The van der Waals surface area contributed by atoms with E-state index in [0.717, 1.165) is 0 Å². The van der Waals surface area contributed by atoms with Gasteiger partial charge in [-0.05, 0) is 25.1 Å². The van der Waals surface area contributed by atoms with Crippen LogP contribution in [0, 0.1) is 6.92 Å². The number of aryl methyl sites for hydroxylation is 2. The topological polar surface area (TPSA) is 25.2 Å². The Balaban J connectivity index is 2.63. The maximum Gasteiger partial charge on any atom is 0.0511 e. The maximum atomic E-state index is 9.18. The smallest absolute Gasteiger partial charge is 0.0511 e. The highest BCUT2D eigenvalue weighted by Crippen LogP contribution is 2.24. The molecule has 1 aromatic carbocycles. The molecule has 0 saturated heterocycles. The van der Waals surface area contributed by atoms with Gasteiger partial charge in [0.05, 0.1) is 6.61 Å². The molecule has 0 radical (unpaired) electrons. The first-order chi connectivity index (χ1) is 7.13. The molecule has 2 aromatic rings. The number of benzene rings is 1. The van der Waals surface area contributed by atoms with Crippen LogP contribution in [0.2, 0.25) is 0 Å². The summed E-state index contributed by atoms with van der Waals surface area (Å²) in [4.78, 5) is 0. The van der Waals surface area contributed by atoms with Gasteiger partial charge in [0.1, 0.15) is 0 Å². The summed E-state index contributed by atoms with van der Waals surface area (Å²) in [5.74, 6) is 0.197. The van der Waals surface area contributed by atoms with E-state index in [1.807, 2.05) is 6.92 Å². The van der Waals surface area contributed by atoms with Gasteiger partial charge in [-0.1, -0.05) is 18.6 Å². The van der Waals surface area contributed by atoms with Crippen molar-refractivity contribution in [1.82, 2.24) is 4.57 Å². The van der Waals surface area contributed by atoms with E-state index >= 15 is 0 Å². The summed E-state index contributed by atoms with van der Waals surface area (Å²) < 4.78 is 2.16. The zero-order valence-corrected chi connectivity index (χ0v) is 9.49. The highest BCUT2D eigenvalue weighted by atomic mass is 16.3. The van der Waals surface area contributed by atoms with Crippen LogP contribution < -0.4 is 0 Å². The SMILES string of the molecule is Cc1ccc2c(c1)cc(C(C)CO)n2C. The van der Waals surface area contributed by atoms with Crippen LogP contribution in [-0.2, 0) is 7.05 Å². The minimum atomic E-state index is 0.197. The van der Waals surface area contributed by atoms with Gasteiger partial charge in [0.25, 0.3) is 0 Å². The van der Waals surface area contributed by atoms with Crippen molar-refractivity contribution < 1.29 is 5.11 Å². The van der Waals surface area contributed by atoms with Crippen molar-refractivity contribution >= 4 is 10.9 Å². The number of rotatable bonds is 2. The summed E-state index contributed by atoms with van der Waals surface area (Å²) in [5.41, 5.74) is 3.70. The summed E-state index contributed by atoms with van der Waals surface area (Å²) in [6.45, 7) is 4.34. The normalized spacial score (nSPS) is 13.3. The summed E-state index contributed by atoms with van der Waals surface area (Å²) in [6, 6.07) is 8.61. The van der Waals surface area contributed by atoms with E-state index in [9.17, 15) is 5.11 Å². The third kappa shape index (κ3) is 1.65. The molecule has 1 N–H and O–H groups in total. The fraction of sp³-hybridized carbons (Fsp3) is 0.385. The molecule has 0 amide bonds. The standard InChI is InChI=1S/C13H17NO/c1-9-4-5-12-11(6-9)7-13(14(12)3)10(2)8-15/h4-7,10,15H,8H2,1-3H3. The molecule has 1 heterocycles. The molecule has 0 aliphatic heterocycles. The minimum absolute atomic E-state index is 0.197. The number of hydrogen-bond acceptors (Lipinski definition) is 1. The molecule has 0 fully saturated rings. The molecule has 0 spiro atoms. The lowest BCUT2D eigenvalue weighted by atomic mass is 10.1. The molecular formula is C13H17NO. The molecule has 2 nitrogen and oxygen atoms in total. The van der Waals surface area contributed by atoms with Crippen molar-refractivity contribution in [3.8, 4) is 0 Å². The predicted octanol–water partition coefficient (Wildman–Crippen LogP) is 2.58. The van der Waals surface area contributed by atoms with E-state index in [2.05, 4.69) is 42.8 Å². The van der Waals surface area contributed by atoms with Crippen LogP contribution in [0.3, 0.4) is 0 Å². The van der Waals surface area contributed by atoms with Crippen LogP contribution in [0.1, 0.15) is 24.1 Å². The fourth-order valence-corrected chi connectivity index (χ4v) is 2.06. The van der Waals surface area contributed by atoms with E-state index < -0.39 is 0 Å². The third-order valence-electron chi connectivity index (χ3n) is 3.01. The summed E-state index contributed by atoms with van der Waals surface area (Å²) in [7, 11) is 2.05. The Bertz CT molecular complexity index is 484. The van der Waals surface area contributed by atoms with Crippen molar-refractivity contribution in [2.24, 2.45) is 7.05 Å². The second-order valence-electron chi connectivity index (χ2n) is 4.27. The Morgan fingerprint density at radius 3 is 2.73 bits per heavy atom. The zero-order valence-electron chi connectivity index (χ0n) is 9.49. The fourth-order valence-electron chi connectivity index (χ4n) is 2.06. The lowest BCUT2D eigenvalue weighted by Gasteiger charge is -2.09. The minimum Gasteiger partial charge on any atom is -0.396 e. The van der Waals surface area contributed by atoms with Crippen LogP contribution >= 0.6 is 0 Å². The third-order valence-corrected chi connectivity index (χ3v) is 3.01. The Labute approximate surface area is 90.2 Å². The molecule has 15 heavy (non-hydrogen) atoms. The predicted molar refractivity (Wildman–Crippen MR) is 63.2 cm³/mol. The summed E-state index contributed by atoms with van der Waals surface area (Å²) >= 11 is 0. The van der Waals surface area contributed by atoms with Gasteiger partial charge < -0.3 is 9.67 Å². The Hall–Kier alpha value is -1.28. The molecule has 1 atom stereocenters. The van der Waals surface area contributed by atoms with Crippen LogP contribution in [0.25, 0.3) is 10.9 Å². The Morgan fingerprint density at radius 2 is 2.07 bits per heavy atom. The van der Waals surface area contributed by atoms with Gasteiger partial charge >= 0.3 is 0 Å². The van der Waals surface area contributed by atoms with E-state index in [0.29, 0.717) is 0 Å². The average Bonchev–Trinajstić information content (AvgIpc) is 2.54. The van der Waals surface area contributed by atoms with Crippen molar-refractivity contribution in [1.29, 1.82) is 0 Å². The molecule has 0 bridgehead atoms. The number of nitrogens with zero attached hydrogens (tertiary/aromatic N) is 1. The first-order valence-corrected chi connectivity index (χ1v) is 5.30. The van der Waals surface area contributed by atoms with Crippen molar-refractivity contribution in [3.05, 3.63) is 35.5 Å². The van der Waals surface area contributed by atoms with Crippen LogP contribution in [0.15, 0.2) is 24.3 Å². The van der Waals surface area contributed by atoms with Gasteiger partial charge in [-0.15, -0.1) is 0 Å². The van der Waals surface area contributed by atoms with Gasteiger partial charge in [0.2, 0.25) is 0 Å². The quantitative estimate of drug-likeness (QED) is 0.797. The second-order valence-corrected chi connectivity index (χ2v) is 4.27. The van der Waals surface area contributed by atoms with E-state index in [-0.39, 0.29) is 12.5 Å². The van der Waals surface area contributed by atoms with Crippen LogP contribution in [-0.4, -0.2) is 16.3 Å². The molecular weight excluding hydrogens is 186 g/mol. The van der Waals surface area contributed by atoms with Crippen molar-refractivity contribution in [2.75, 3.05) is 6.61 Å². The van der Waals surface area contributed by atoms with Crippen LogP contribution in [0.5, 0.6) is 0 Å². The van der Waals surface area contributed by atoms with Crippen molar-refractivity contribution in [2.45, 2.75) is 19.8 Å². The number of aliphatic hydroxyl groups excluding tert-OH is 1. The van der Waals surface area contributed by atoms with Gasteiger partial charge in [-0.2, -0.15) is 0 Å². The van der Waals surface area contributed by atoms with E-state index in [4.69, 9.17) is 0 Å². The number of fused-ring (bicyclic) bond motifs is 1. The first kappa shape index (κ1) is 10.2. The maximum absolute atomic E-state index is 9.18. The van der Waals surface area contributed by atoms with E-state index in [1.165, 1.54) is 22.2 Å². The lowest BCUT2D eigenvalue weighted by molar-refractivity contribution is 0.269. The number of aromatic nitrogens is 1. The first-order valence-electron chi connectivity index (χ1n) is 5.30. The molecule has 0 aliphatic rings. The number of aliphatic hydroxyl groups is 1. The van der Waals surface area contributed by atoms with Gasteiger partial charge in [0.15, 0.2) is 0 Å². The number of hydrogen-bond donors (Lipinski definition) is 1. The highest BCUT2D eigenvalue weighted by molar-refractivity contribution is 5.82. The highest BCUT2D eigenvalue weighted by Gasteiger charge is 2.11. The summed E-state index contributed by atoms with van der Waals surface area (Å²) in [5, 5.41) is 10.4. The lowest BCUT2D eigenvalue weighted by Crippen LogP contribution is -2.04. The van der Waals surface area contributed by atoms with Crippen molar-refractivity contribution in [3.63, 3.8) is 0 Å². The summed E-state index contributed by atoms with van der Waals surface area (Å²) in [6.07, 6.45) is 0. The molecule has 0 saturated carbocycles.